The van der Waals surface area contributed by atoms with Crippen LogP contribution < -0.4 is 11.0 Å². The molecule has 1 amide bonds. The van der Waals surface area contributed by atoms with Crippen LogP contribution in [0.1, 0.15) is 21.6 Å². The molecule has 2 N–H and O–H groups in total. The van der Waals surface area contributed by atoms with Gasteiger partial charge in [-0.15, -0.1) is 0 Å². The van der Waals surface area contributed by atoms with Crippen LogP contribution in [0.4, 0.5) is 4.39 Å². The van der Waals surface area contributed by atoms with E-state index in [0.29, 0.717) is 16.9 Å². The van der Waals surface area contributed by atoms with Crippen LogP contribution >= 0.6 is 0 Å². The predicted molar refractivity (Wildman–Crippen MR) is 92.6 cm³/mol. The van der Waals surface area contributed by atoms with Crippen LogP contribution in [0.5, 0.6) is 0 Å². The van der Waals surface area contributed by atoms with Gasteiger partial charge in [0.2, 0.25) is 0 Å². The van der Waals surface area contributed by atoms with Crippen molar-refractivity contribution in [2.24, 2.45) is 5.10 Å². The van der Waals surface area contributed by atoms with Crippen molar-refractivity contribution in [2.75, 3.05) is 0 Å². The average molecular weight is 338 g/mol. The molecule has 6 nitrogen and oxygen atoms in total. The largest absolute Gasteiger partial charge is 0.295 e. The van der Waals surface area contributed by atoms with Crippen molar-refractivity contribution < 1.29 is 9.18 Å². The van der Waals surface area contributed by atoms with Gasteiger partial charge in [-0.05, 0) is 37.3 Å². The Morgan fingerprint density at radius 2 is 1.96 bits per heavy atom. The molecule has 0 saturated carbocycles. The fourth-order valence-corrected chi connectivity index (χ4v) is 2.32. The molecule has 3 aromatic rings. The summed E-state index contributed by atoms with van der Waals surface area (Å²) in [6.45, 7) is 1.73. The average Bonchev–Trinajstić information content (AvgIpc) is 2.90. The number of amides is 1. The van der Waals surface area contributed by atoms with Gasteiger partial charge >= 0.3 is 0 Å². The van der Waals surface area contributed by atoms with Crippen LogP contribution in [0, 0.1) is 12.7 Å². The van der Waals surface area contributed by atoms with E-state index in [-0.39, 0.29) is 11.1 Å². The van der Waals surface area contributed by atoms with Crippen LogP contribution in [0.2, 0.25) is 0 Å². The molecule has 0 unspecified atom stereocenters. The normalized spacial score (nSPS) is 11.0. The van der Waals surface area contributed by atoms with E-state index >= 15 is 0 Å². The van der Waals surface area contributed by atoms with Gasteiger partial charge in [-0.2, -0.15) is 5.10 Å². The summed E-state index contributed by atoms with van der Waals surface area (Å²) < 4.78 is 14.5. The summed E-state index contributed by atoms with van der Waals surface area (Å²) in [5.74, 6) is -1.07. The lowest BCUT2D eigenvalue weighted by atomic mass is 10.2. The van der Waals surface area contributed by atoms with E-state index in [1.165, 1.54) is 29.1 Å². The molecule has 1 heterocycles. The first-order valence-electron chi connectivity index (χ1n) is 7.52. The zero-order valence-corrected chi connectivity index (χ0v) is 13.4. The number of carbonyl (C=O) groups excluding carboxylic acids is 1. The van der Waals surface area contributed by atoms with Gasteiger partial charge in [-0.1, -0.05) is 24.3 Å². The molecule has 0 atom stereocenters. The molecular formula is C18H15FN4O2. The SMILES string of the molecule is Cc1[nH]n(-c2ccccc2)c(=O)c1/C=N\NC(=O)c1cccc(F)c1. The maximum Gasteiger partial charge on any atom is 0.280 e. The third kappa shape index (κ3) is 3.55. The molecule has 1 aromatic heterocycles. The molecule has 0 bridgehead atoms. The summed E-state index contributed by atoms with van der Waals surface area (Å²) in [5, 5.41) is 6.75. The molecule has 3 rings (SSSR count). The van der Waals surface area contributed by atoms with Gasteiger partial charge in [0.1, 0.15) is 5.82 Å². The van der Waals surface area contributed by atoms with Gasteiger partial charge in [-0.25, -0.2) is 14.5 Å². The van der Waals surface area contributed by atoms with Crippen LogP contribution in [0.25, 0.3) is 5.69 Å². The lowest BCUT2D eigenvalue weighted by Gasteiger charge is -1.99. The van der Waals surface area contributed by atoms with Crippen molar-refractivity contribution in [3.8, 4) is 5.69 Å². The molecule has 0 saturated heterocycles. The Kier molecular flexibility index (Phi) is 4.56. The number of hydrazone groups is 1. The highest BCUT2D eigenvalue weighted by molar-refractivity contribution is 5.94. The molecule has 2 aromatic carbocycles. The van der Waals surface area contributed by atoms with Gasteiger partial charge in [0.15, 0.2) is 0 Å². The Morgan fingerprint density at radius 1 is 1.20 bits per heavy atom. The van der Waals surface area contributed by atoms with Gasteiger partial charge in [-0.3, -0.25) is 14.7 Å². The highest BCUT2D eigenvalue weighted by atomic mass is 19.1. The monoisotopic (exact) mass is 338 g/mol. The number of aromatic amines is 1. The number of hydrogen-bond acceptors (Lipinski definition) is 3. The third-order valence-corrected chi connectivity index (χ3v) is 3.58. The molecule has 0 fully saturated rings. The van der Waals surface area contributed by atoms with Gasteiger partial charge in [0, 0.05) is 11.3 Å². The van der Waals surface area contributed by atoms with E-state index in [2.05, 4.69) is 15.6 Å². The summed E-state index contributed by atoms with van der Waals surface area (Å²) in [7, 11) is 0. The van der Waals surface area contributed by atoms with E-state index in [1.807, 2.05) is 18.2 Å². The first kappa shape index (κ1) is 16.4. The molecule has 0 aliphatic carbocycles. The van der Waals surface area contributed by atoms with Crippen molar-refractivity contribution in [3.63, 3.8) is 0 Å². The summed E-state index contributed by atoms with van der Waals surface area (Å²) >= 11 is 0. The number of carbonyl (C=O) groups is 1. The maximum absolute atomic E-state index is 13.1. The second kappa shape index (κ2) is 6.96. The number of aryl methyl sites for hydroxylation is 1. The summed E-state index contributed by atoms with van der Waals surface area (Å²) in [6, 6.07) is 14.4. The van der Waals surface area contributed by atoms with Crippen LogP contribution in [-0.2, 0) is 0 Å². The van der Waals surface area contributed by atoms with Crippen molar-refractivity contribution >= 4 is 12.1 Å². The smallest absolute Gasteiger partial charge is 0.280 e. The number of para-hydroxylation sites is 1. The van der Waals surface area contributed by atoms with E-state index in [0.717, 1.165) is 6.07 Å². The number of benzene rings is 2. The number of nitrogens with zero attached hydrogens (tertiary/aromatic N) is 2. The summed E-state index contributed by atoms with van der Waals surface area (Å²) in [5.41, 5.74) is 3.76. The number of rotatable bonds is 4. The molecule has 0 aliphatic heterocycles. The predicted octanol–water partition coefficient (Wildman–Crippen LogP) is 2.38. The number of nitrogens with one attached hydrogen (secondary N) is 2. The number of hydrogen-bond donors (Lipinski definition) is 2. The Labute approximate surface area is 142 Å². The molecule has 0 radical (unpaired) electrons. The molecule has 0 aliphatic rings. The fourth-order valence-electron chi connectivity index (χ4n) is 2.32. The molecule has 7 heteroatoms. The Morgan fingerprint density at radius 3 is 2.68 bits per heavy atom. The van der Waals surface area contributed by atoms with Crippen LogP contribution in [0.3, 0.4) is 0 Å². The standard InChI is InChI=1S/C18H15FN4O2/c1-12-16(18(25)23(22-12)15-8-3-2-4-9-15)11-20-21-17(24)13-6-5-7-14(19)10-13/h2-11,22H,1H3,(H,21,24)/b20-11-. The zero-order valence-electron chi connectivity index (χ0n) is 13.4. The van der Waals surface area contributed by atoms with E-state index in [9.17, 15) is 14.0 Å². The lowest BCUT2D eigenvalue weighted by Crippen LogP contribution is -2.20. The topological polar surface area (TPSA) is 79.2 Å². The van der Waals surface area contributed by atoms with Crippen LogP contribution in [-0.4, -0.2) is 21.9 Å². The van der Waals surface area contributed by atoms with Gasteiger partial charge in [0.05, 0.1) is 17.5 Å². The van der Waals surface area contributed by atoms with E-state index in [1.54, 1.807) is 19.1 Å². The Bertz CT molecular complexity index is 990. The quantitative estimate of drug-likeness (QED) is 0.566. The van der Waals surface area contributed by atoms with Gasteiger partial charge < -0.3 is 0 Å². The highest BCUT2D eigenvalue weighted by Gasteiger charge is 2.11. The summed E-state index contributed by atoms with van der Waals surface area (Å²) in [6.07, 6.45) is 1.27. The minimum absolute atomic E-state index is 0.143. The Balaban J connectivity index is 1.79. The lowest BCUT2D eigenvalue weighted by molar-refractivity contribution is 0.0954. The number of aromatic nitrogens is 2. The number of halogens is 1. The second-order valence-corrected chi connectivity index (χ2v) is 5.34. The highest BCUT2D eigenvalue weighted by Crippen LogP contribution is 2.06. The first-order valence-corrected chi connectivity index (χ1v) is 7.52. The molecular weight excluding hydrogens is 323 g/mol. The van der Waals surface area contributed by atoms with Crippen molar-refractivity contribution in [2.45, 2.75) is 6.92 Å². The first-order chi connectivity index (χ1) is 12.1. The maximum atomic E-state index is 13.1. The van der Waals surface area contributed by atoms with Crippen molar-refractivity contribution in [1.82, 2.24) is 15.2 Å². The fraction of sp³-hybridized carbons (Fsp3) is 0.0556. The van der Waals surface area contributed by atoms with Gasteiger partial charge in [0.25, 0.3) is 11.5 Å². The molecule has 25 heavy (non-hydrogen) atoms. The number of H-pyrrole nitrogens is 1. The van der Waals surface area contributed by atoms with Crippen molar-refractivity contribution in [1.29, 1.82) is 0 Å². The summed E-state index contributed by atoms with van der Waals surface area (Å²) in [4.78, 5) is 24.4. The molecule has 126 valence electrons. The minimum atomic E-state index is -0.563. The van der Waals surface area contributed by atoms with Crippen molar-refractivity contribution in [3.05, 3.63) is 87.6 Å². The minimum Gasteiger partial charge on any atom is -0.295 e. The third-order valence-electron chi connectivity index (χ3n) is 3.58. The van der Waals surface area contributed by atoms with E-state index < -0.39 is 11.7 Å². The molecule has 0 spiro atoms. The second-order valence-electron chi connectivity index (χ2n) is 5.34. The zero-order chi connectivity index (χ0) is 17.8. The Hall–Kier alpha value is -3.48. The van der Waals surface area contributed by atoms with E-state index in [4.69, 9.17) is 0 Å². The van der Waals surface area contributed by atoms with Crippen LogP contribution in [0.15, 0.2) is 64.5 Å².